The van der Waals surface area contributed by atoms with Crippen LogP contribution in [0.3, 0.4) is 0 Å². The second-order valence-corrected chi connectivity index (χ2v) is 8.86. The van der Waals surface area contributed by atoms with E-state index in [0.717, 1.165) is 22.5 Å². The summed E-state index contributed by atoms with van der Waals surface area (Å²) in [7, 11) is -2.80. The van der Waals surface area contributed by atoms with Gasteiger partial charge < -0.3 is 0 Å². The predicted octanol–water partition coefficient (Wildman–Crippen LogP) is 2.01. The Morgan fingerprint density at radius 2 is 1.85 bits per heavy atom. The number of aryl methyl sites for hydroxylation is 1. The van der Waals surface area contributed by atoms with Crippen LogP contribution >= 0.6 is 0 Å². The van der Waals surface area contributed by atoms with Crippen molar-refractivity contribution in [3.8, 4) is 0 Å². The molecule has 0 radical (unpaired) electrons. The van der Waals surface area contributed by atoms with Crippen LogP contribution in [0.2, 0.25) is 0 Å². The van der Waals surface area contributed by atoms with Crippen LogP contribution in [0.1, 0.15) is 44.5 Å². The van der Waals surface area contributed by atoms with Gasteiger partial charge in [-0.1, -0.05) is 6.07 Å². The van der Waals surface area contributed by atoms with Gasteiger partial charge in [0.2, 0.25) is 10.0 Å². The number of hydrogen-bond donors (Lipinski definition) is 0. The lowest BCUT2D eigenvalue weighted by atomic mass is 9.98. The summed E-state index contributed by atoms with van der Waals surface area (Å²) in [5.74, 6) is -2.07. The molecule has 7 nitrogen and oxygen atoms in total. The minimum atomic E-state index is -4.34. The van der Waals surface area contributed by atoms with Crippen molar-refractivity contribution in [2.45, 2.75) is 43.5 Å². The number of aromatic nitrogens is 3. The summed E-state index contributed by atoms with van der Waals surface area (Å²) in [5, 5.41) is 4.28. The fraction of sp³-hybridized carbons (Fsp3) is 0.529. The molecule has 1 unspecified atom stereocenters. The fourth-order valence-electron chi connectivity index (χ4n) is 3.49. The Morgan fingerprint density at radius 1 is 1.22 bits per heavy atom. The fourth-order valence-corrected chi connectivity index (χ4v) is 5.12. The molecule has 0 N–H and O–H groups in total. The quantitative estimate of drug-likeness (QED) is 0.787. The van der Waals surface area contributed by atoms with Gasteiger partial charge in [-0.3, -0.25) is 4.57 Å². The topological polar surface area (TPSA) is 77.2 Å². The van der Waals surface area contributed by atoms with E-state index in [-0.39, 0.29) is 30.7 Å². The van der Waals surface area contributed by atoms with Gasteiger partial charge in [-0.05, 0) is 38.8 Å². The van der Waals surface area contributed by atoms with Crippen molar-refractivity contribution in [3.05, 3.63) is 46.1 Å². The van der Waals surface area contributed by atoms with Gasteiger partial charge in [-0.2, -0.15) is 9.40 Å². The summed E-state index contributed by atoms with van der Waals surface area (Å²) < 4.78 is 57.6. The third-order valence-corrected chi connectivity index (χ3v) is 6.68. The normalized spacial score (nSPS) is 19.0. The van der Waals surface area contributed by atoms with Crippen LogP contribution in [-0.4, -0.2) is 40.2 Å². The molecule has 0 aliphatic carbocycles. The molecule has 3 rings (SSSR count). The van der Waals surface area contributed by atoms with E-state index in [2.05, 4.69) is 5.10 Å². The zero-order chi connectivity index (χ0) is 19.9. The van der Waals surface area contributed by atoms with Gasteiger partial charge in [0.05, 0.1) is 0 Å². The van der Waals surface area contributed by atoms with Gasteiger partial charge >= 0.3 is 5.69 Å². The van der Waals surface area contributed by atoms with E-state index in [4.69, 9.17) is 0 Å². The Bertz CT molecular complexity index is 993. The highest BCUT2D eigenvalue weighted by atomic mass is 32.2. The van der Waals surface area contributed by atoms with Crippen molar-refractivity contribution >= 4 is 10.0 Å². The minimum absolute atomic E-state index is 0.0132. The van der Waals surface area contributed by atoms with Crippen molar-refractivity contribution in [1.29, 1.82) is 0 Å². The van der Waals surface area contributed by atoms with E-state index in [1.807, 2.05) is 13.8 Å². The predicted molar refractivity (Wildman–Crippen MR) is 94.9 cm³/mol. The summed E-state index contributed by atoms with van der Waals surface area (Å²) in [6.45, 7) is 3.86. The molecule has 10 heteroatoms. The maximum absolute atomic E-state index is 14.0. The first-order valence-electron chi connectivity index (χ1n) is 8.74. The van der Waals surface area contributed by atoms with Crippen LogP contribution in [-0.2, 0) is 17.1 Å². The molecular formula is C17H22F2N4O3S. The number of sulfonamides is 1. The second kappa shape index (κ2) is 7.16. The molecule has 2 aromatic rings. The maximum atomic E-state index is 14.0. The van der Waals surface area contributed by atoms with E-state index in [0.29, 0.717) is 18.7 Å². The Balaban J connectivity index is 1.98. The Labute approximate surface area is 156 Å². The number of piperidine rings is 1. The van der Waals surface area contributed by atoms with E-state index < -0.39 is 26.6 Å². The number of rotatable bonds is 4. The molecule has 27 heavy (non-hydrogen) atoms. The standard InChI is InChI=1S/C17H22F2N4O3S/c1-11(2)23-16(20-21(3)17(23)24)12-6-5-9-22(10-12)27(25,26)15-13(18)7-4-8-14(15)19/h4,7-8,11-12H,5-6,9-10H2,1-3H3. The van der Waals surface area contributed by atoms with Crippen LogP contribution in [0.25, 0.3) is 0 Å². The van der Waals surface area contributed by atoms with Crippen molar-refractivity contribution < 1.29 is 17.2 Å². The summed E-state index contributed by atoms with van der Waals surface area (Å²) in [5.41, 5.74) is -0.278. The Kier molecular flexibility index (Phi) is 5.22. The van der Waals surface area contributed by atoms with Gasteiger partial charge in [0.1, 0.15) is 17.5 Å². The highest BCUT2D eigenvalue weighted by Crippen LogP contribution is 2.31. The molecule has 1 atom stereocenters. The smallest absolute Gasteiger partial charge is 0.276 e. The molecule has 1 aliphatic rings. The first-order chi connectivity index (χ1) is 12.6. The Hall–Kier alpha value is -2.07. The molecule has 1 aliphatic heterocycles. The SMILES string of the molecule is CC(C)n1c(C2CCCN(S(=O)(=O)c3c(F)cccc3F)C2)nn(C)c1=O. The molecule has 0 saturated carbocycles. The molecule has 0 bridgehead atoms. The summed E-state index contributed by atoms with van der Waals surface area (Å²) >= 11 is 0. The summed E-state index contributed by atoms with van der Waals surface area (Å²) in [6, 6.07) is 2.83. The monoisotopic (exact) mass is 400 g/mol. The van der Waals surface area contributed by atoms with Crippen molar-refractivity contribution in [1.82, 2.24) is 18.7 Å². The van der Waals surface area contributed by atoms with Gasteiger partial charge in [-0.15, -0.1) is 0 Å². The van der Waals surface area contributed by atoms with Gasteiger partial charge in [0.15, 0.2) is 4.90 Å². The molecule has 2 heterocycles. The van der Waals surface area contributed by atoms with Crippen LogP contribution in [0.15, 0.2) is 27.9 Å². The lowest BCUT2D eigenvalue weighted by Gasteiger charge is -2.32. The molecule has 0 amide bonds. The molecule has 0 spiro atoms. The largest absolute Gasteiger partial charge is 0.345 e. The highest BCUT2D eigenvalue weighted by molar-refractivity contribution is 7.89. The number of benzene rings is 1. The minimum Gasteiger partial charge on any atom is -0.276 e. The van der Waals surface area contributed by atoms with E-state index in [9.17, 15) is 22.0 Å². The zero-order valence-corrected chi connectivity index (χ0v) is 16.2. The van der Waals surface area contributed by atoms with Crippen LogP contribution in [0.4, 0.5) is 8.78 Å². The Morgan fingerprint density at radius 3 is 2.44 bits per heavy atom. The maximum Gasteiger partial charge on any atom is 0.345 e. The van der Waals surface area contributed by atoms with Gasteiger partial charge in [0, 0.05) is 32.1 Å². The average Bonchev–Trinajstić information content (AvgIpc) is 2.90. The molecule has 1 saturated heterocycles. The summed E-state index contributed by atoms with van der Waals surface area (Å²) in [4.78, 5) is 11.4. The molecule has 1 aromatic heterocycles. The van der Waals surface area contributed by atoms with E-state index >= 15 is 0 Å². The van der Waals surface area contributed by atoms with Crippen LogP contribution in [0, 0.1) is 11.6 Å². The van der Waals surface area contributed by atoms with Crippen LogP contribution in [0.5, 0.6) is 0 Å². The number of hydrogen-bond acceptors (Lipinski definition) is 4. The zero-order valence-electron chi connectivity index (χ0n) is 15.4. The van der Waals surface area contributed by atoms with Gasteiger partial charge in [-0.25, -0.2) is 26.7 Å². The lowest BCUT2D eigenvalue weighted by Crippen LogP contribution is -2.40. The third-order valence-electron chi connectivity index (χ3n) is 4.76. The second-order valence-electron chi connectivity index (χ2n) is 6.98. The molecule has 1 fully saturated rings. The van der Waals surface area contributed by atoms with E-state index in [1.165, 1.54) is 16.3 Å². The third kappa shape index (κ3) is 3.43. The first-order valence-corrected chi connectivity index (χ1v) is 10.2. The van der Waals surface area contributed by atoms with E-state index in [1.54, 1.807) is 0 Å². The van der Waals surface area contributed by atoms with Crippen molar-refractivity contribution in [3.63, 3.8) is 0 Å². The summed E-state index contributed by atoms with van der Waals surface area (Å²) in [6.07, 6.45) is 1.14. The average molecular weight is 400 g/mol. The first kappa shape index (κ1) is 19.7. The highest BCUT2D eigenvalue weighted by Gasteiger charge is 2.36. The number of halogens is 2. The van der Waals surface area contributed by atoms with Crippen LogP contribution < -0.4 is 5.69 Å². The molecule has 1 aromatic carbocycles. The van der Waals surface area contributed by atoms with Gasteiger partial charge in [0.25, 0.3) is 0 Å². The molecule has 148 valence electrons. The lowest BCUT2D eigenvalue weighted by molar-refractivity contribution is 0.299. The molecular weight excluding hydrogens is 378 g/mol. The number of nitrogens with zero attached hydrogens (tertiary/aromatic N) is 4. The van der Waals surface area contributed by atoms with Crippen molar-refractivity contribution in [2.24, 2.45) is 7.05 Å². The van der Waals surface area contributed by atoms with Crippen molar-refractivity contribution in [2.75, 3.05) is 13.1 Å².